The van der Waals surface area contributed by atoms with Gasteiger partial charge in [-0.2, -0.15) is 0 Å². The van der Waals surface area contributed by atoms with Crippen LogP contribution in [0.1, 0.15) is 13.3 Å². The van der Waals surface area contributed by atoms with Crippen LogP contribution in [-0.2, 0) is 18.9 Å². The lowest BCUT2D eigenvalue weighted by atomic mass is 10.0. The van der Waals surface area contributed by atoms with Crippen LogP contribution in [0.15, 0.2) is 0 Å². The molecule has 0 aromatic heterocycles. The van der Waals surface area contributed by atoms with Crippen molar-refractivity contribution in [2.24, 2.45) is 0 Å². The van der Waals surface area contributed by atoms with Crippen molar-refractivity contribution in [1.82, 2.24) is 0 Å². The van der Waals surface area contributed by atoms with Gasteiger partial charge in [0, 0.05) is 13.5 Å². The van der Waals surface area contributed by atoms with Crippen LogP contribution in [0.3, 0.4) is 0 Å². The largest absolute Gasteiger partial charge is 0.353 e. The van der Waals surface area contributed by atoms with Gasteiger partial charge >= 0.3 is 0 Å². The molecule has 0 amide bonds. The van der Waals surface area contributed by atoms with Crippen LogP contribution in [0.25, 0.3) is 0 Å². The molecular weight excluding hydrogens is 160 g/mol. The summed E-state index contributed by atoms with van der Waals surface area (Å²) in [6.45, 7) is 2.38. The maximum Gasteiger partial charge on any atom is 0.186 e. The maximum absolute atomic E-state index is 5.52. The number of fused-ring (bicyclic) bond motifs is 1. The van der Waals surface area contributed by atoms with Gasteiger partial charge in [-0.05, 0) is 6.92 Å². The van der Waals surface area contributed by atoms with Crippen molar-refractivity contribution in [3.8, 4) is 0 Å². The van der Waals surface area contributed by atoms with E-state index in [0.29, 0.717) is 6.79 Å². The van der Waals surface area contributed by atoms with Crippen molar-refractivity contribution in [3.63, 3.8) is 0 Å². The van der Waals surface area contributed by atoms with E-state index in [0.717, 1.165) is 6.42 Å². The highest BCUT2D eigenvalue weighted by molar-refractivity contribution is 4.84. The maximum atomic E-state index is 5.52. The van der Waals surface area contributed by atoms with E-state index in [4.69, 9.17) is 18.9 Å². The lowest BCUT2D eigenvalue weighted by Crippen LogP contribution is -2.46. The zero-order valence-electron chi connectivity index (χ0n) is 7.36. The molecule has 0 spiro atoms. The van der Waals surface area contributed by atoms with E-state index in [2.05, 4.69) is 0 Å². The first-order valence-corrected chi connectivity index (χ1v) is 4.22. The fraction of sp³-hybridized carbons (Fsp3) is 1.00. The minimum absolute atomic E-state index is 0.0359. The molecule has 2 heterocycles. The summed E-state index contributed by atoms with van der Waals surface area (Å²) in [6, 6.07) is 0. The molecule has 2 aliphatic rings. The van der Waals surface area contributed by atoms with E-state index in [1.54, 1.807) is 7.11 Å². The Morgan fingerprint density at radius 2 is 2.17 bits per heavy atom. The van der Waals surface area contributed by atoms with Crippen LogP contribution < -0.4 is 0 Å². The topological polar surface area (TPSA) is 36.9 Å². The van der Waals surface area contributed by atoms with Gasteiger partial charge in [0.1, 0.15) is 12.9 Å². The SMILES string of the molecule is COC1OC(C)CC2OCOC21. The van der Waals surface area contributed by atoms with Crippen molar-refractivity contribution in [2.75, 3.05) is 13.9 Å². The Morgan fingerprint density at radius 3 is 2.92 bits per heavy atom. The van der Waals surface area contributed by atoms with Crippen LogP contribution in [-0.4, -0.2) is 38.5 Å². The number of hydrogen-bond donors (Lipinski definition) is 0. The molecule has 2 saturated heterocycles. The minimum atomic E-state index is -0.263. The summed E-state index contributed by atoms with van der Waals surface area (Å²) in [5.41, 5.74) is 0. The lowest BCUT2D eigenvalue weighted by Gasteiger charge is -2.34. The van der Waals surface area contributed by atoms with Gasteiger partial charge in [-0.15, -0.1) is 0 Å². The van der Waals surface area contributed by atoms with Gasteiger partial charge in [-0.1, -0.05) is 0 Å². The molecule has 70 valence electrons. The van der Waals surface area contributed by atoms with Gasteiger partial charge in [-0.3, -0.25) is 0 Å². The molecule has 4 heteroatoms. The second kappa shape index (κ2) is 3.30. The van der Waals surface area contributed by atoms with E-state index in [1.807, 2.05) is 6.92 Å². The highest BCUT2D eigenvalue weighted by atomic mass is 16.8. The highest BCUT2D eigenvalue weighted by Gasteiger charge is 2.42. The zero-order chi connectivity index (χ0) is 8.55. The third-order valence-corrected chi connectivity index (χ3v) is 2.34. The van der Waals surface area contributed by atoms with Crippen LogP contribution in [0, 0.1) is 0 Å². The molecule has 12 heavy (non-hydrogen) atoms. The Morgan fingerprint density at radius 1 is 1.33 bits per heavy atom. The summed E-state index contributed by atoms with van der Waals surface area (Å²) in [6.07, 6.45) is 0.939. The summed E-state index contributed by atoms with van der Waals surface area (Å²) < 4.78 is 21.4. The molecule has 0 aromatic rings. The van der Waals surface area contributed by atoms with Crippen LogP contribution in [0.2, 0.25) is 0 Å². The van der Waals surface area contributed by atoms with Gasteiger partial charge in [0.15, 0.2) is 6.29 Å². The average Bonchev–Trinajstić information content (AvgIpc) is 2.50. The van der Waals surface area contributed by atoms with Crippen molar-refractivity contribution >= 4 is 0 Å². The second-order valence-corrected chi connectivity index (χ2v) is 3.24. The summed E-state index contributed by atoms with van der Waals surface area (Å²) in [5.74, 6) is 0. The summed E-state index contributed by atoms with van der Waals surface area (Å²) in [4.78, 5) is 0. The van der Waals surface area contributed by atoms with Crippen molar-refractivity contribution in [2.45, 2.75) is 37.9 Å². The predicted molar refractivity (Wildman–Crippen MR) is 40.6 cm³/mol. The standard InChI is InChI=1S/C8H14O4/c1-5-3-6-7(11-4-10-6)8(9-2)12-5/h5-8H,3-4H2,1-2H3. The summed E-state index contributed by atoms with van der Waals surface area (Å²) in [7, 11) is 1.63. The van der Waals surface area contributed by atoms with Crippen LogP contribution in [0.5, 0.6) is 0 Å². The minimum Gasteiger partial charge on any atom is -0.353 e. The molecule has 0 aliphatic carbocycles. The van der Waals surface area contributed by atoms with E-state index < -0.39 is 0 Å². The zero-order valence-corrected chi connectivity index (χ0v) is 7.36. The molecule has 4 nitrogen and oxygen atoms in total. The molecule has 0 saturated carbocycles. The Kier molecular flexibility index (Phi) is 2.32. The quantitative estimate of drug-likeness (QED) is 0.580. The average molecular weight is 174 g/mol. The van der Waals surface area contributed by atoms with Crippen LogP contribution in [0.4, 0.5) is 0 Å². The van der Waals surface area contributed by atoms with E-state index >= 15 is 0 Å². The van der Waals surface area contributed by atoms with E-state index in [1.165, 1.54) is 0 Å². The van der Waals surface area contributed by atoms with E-state index in [-0.39, 0.29) is 24.6 Å². The Hall–Kier alpha value is -0.160. The van der Waals surface area contributed by atoms with E-state index in [9.17, 15) is 0 Å². The number of rotatable bonds is 1. The normalized spacial score (nSPS) is 47.5. The molecule has 2 aliphatic heterocycles. The first kappa shape index (κ1) is 8.44. The molecule has 0 N–H and O–H groups in total. The fourth-order valence-electron chi connectivity index (χ4n) is 1.74. The summed E-state index contributed by atoms with van der Waals surface area (Å²) >= 11 is 0. The lowest BCUT2D eigenvalue weighted by molar-refractivity contribution is -0.230. The summed E-state index contributed by atoms with van der Waals surface area (Å²) in [5, 5.41) is 0. The predicted octanol–water partition coefficient (Wildman–Crippen LogP) is 0.509. The van der Waals surface area contributed by atoms with Gasteiger partial charge in [0.05, 0.1) is 12.2 Å². The Balaban J connectivity index is 2.04. The van der Waals surface area contributed by atoms with Gasteiger partial charge in [-0.25, -0.2) is 0 Å². The van der Waals surface area contributed by atoms with Gasteiger partial charge in [0.25, 0.3) is 0 Å². The Labute approximate surface area is 71.7 Å². The van der Waals surface area contributed by atoms with Gasteiger partial charge < -0.3 is 18.9 Å². The Bertz CT molecular complexity index is 161. The highest BCUT2D eigenvalue weighted by Crippen LogP contribution is 2.29. The molecule has 0 bridgehead atoms. The number of ether oxygens (including phenoxy) is 4. The molecule has 2 rings (SSSR count). The van der Waals surface area contributed by atoms with Crippen LogP contribution >= 0.6 is 0 Å². The number of hydrogen-bond acceptors (Lipinski definition) is 4. The first-order chi connectivity index (χ1) is 5.81. The smallest absolute Gasteiger partial charge is 0.186 e. The molecule has 2 fully saturated rings. The fourth-order valence-corrected chi connectivity index (χ4v) is 1.74. The molecule has 0 aromatic carbocycles. The first-order valence-electron chi connectivity index (χ1n) is 4.22. The monoisotopic (exact) mass is 174 g/mol. The second-order valence-electron chi connectivity index (χ2n) is 3.24. The van der Waals surface area contributed by atoms with Crippen molar-refractivity contribution in [1.29, 1.82) is 0 Å². The van der Waals surface area contributed by atoms with Gasteiger partial charge in [0.2, 0.25) is 0 Å². The van der Waals surface area contributed by atoms with Crippen molar-refractivity contribution in [3.05, 3.63) is 0 Å². The van der Waals surface area contributed by atoms with Crippen molar-refractivity contribution < 1.29 is 18.9 Å². The number of methoxy groups -OCH3 is 1. The molecule has 4 unspecified atom stereocenters. The third kappa shape index (κ3) is 1.35. The molecular formula is C8H14O4. The third-order valence-electron chi connectivity index (χ3n) is 2.34. The molecule has 4 atom stereocenters. The molecule has 0 radical (unpaired) electrons.